The van der Waals surface area contributed by atoms with E-state index in [-0.39, 0.29) is 11.9 Å². The van der Waals surface area contributed by atoms with Gasteiger partial charge < -0.3 is 14.5 Å². The summed E-state index contributed by atoms with van der Waals surface area (Å²) in [6, 6.07) is 3.50. The topological polar surface area (TPSA) is 68.5 Å². The molecule has 0 atom stereocenters. The van der Waals surface area contributed by atoms with Crippen molar-refractivity contribution in [1.29, 1.82) is 0 Å². The van der Waals surface area contributed by atoms with Crippen LogP contribution in [-0.4, -0.2) is 24.5 Å². The number of ether oxygens (including phenoxy) is 1. The molecule has 5 nitrogen and oxygen atoms in total. The molecule has 1 fully saturated rings. The Kier molecular flexibility index (Phi) is 4.61. The number of nitrogens with one attached hydrogen (secondary N) is 1. The molecule has 0 bridgehead atoms. The predicted molar refractivity (Wildman–Crippen MR) is 73.7 cm³/mol. The molecule has 0 saturated heterocycles. The van der Waals surface area contributed by atoms with Crippen molar-refractivity contribution in [3.8, 4) is 0 Å². The van der Waals surface area contributed by atoms with Crippen LogP contribution in [0.4, 0.5) is 0 Å². The van der Waals surface area contributed by atoms with E-state index in [1.807, 2.05) is 0 Å². The molecule has 1 N–H and O–H groups in total. The van der Waals surface area contributed by atoms with E-state index in [1.54, 1.807) is 18.2 Å². The second-order valence-electron chi connectivity index (χ2n) is 4.97. The van der Waals surface area contributed by atoms with Crippen LogP contribution in [0.3, 0.4) is 0 Å². The summed E-state index contributed by atoms with van der Waals surface area (Å²) >= 11 is 0. The number of carbonyl (C=O) groups excluding carboxylic acids is 2. The van der Waals surface area contributed by atoms with Crippen molar-refractivity contribution < 1.29 is 18.7 Å². The van der Waals surface area contributed by atoms with Gasteiger partial charge in [-0.1, -0.05) is 19.3 Å². The zero-order valence-electron chi connectivity index (χ0n) is 11.6. The Balaban J connectivity index is 2.04. The van der Waals surface area contributed by atoms with Gasteiger partial charge in [0.05, 0.1) is 13.4 Å². The van der Waals surface area contributed by atoms with Crippen LogP contribution in [0.15, 0.2) is 28.9 Å². The van der Waals surface area contributed by atoms with Gasteiger partial charge in [-0.2, -0.15) is 0 Å². The number of esters is 1. The van der Waals surface area contributed by atoms with Crippen molar-refractivity contribution in [3.05, 3.63) is 30.2 Å². The van der Waals surface area contributed by atoms with Crippen LogP contribution in [0.2, 0.25) is 0 Å². The average Bonchev–Trinajstić information content (AvgIpc) is 2.98. The van der Waals surface area contributed by atoms with Gasteiger partial charge in [0.1, 0.15) is 11.3 Å². The lowest BCUT2D eigenvalue weighted by atomic mass is 9.81. The van der Waals surface area contributed by atoms with Crippen LogP contribution < -0.4 is 5.32 Å². The molecule has 0 aromatic carbocycles. The van der Waals surface area contributed by atoms with E-state index in [0.717, 1.165) is 19.3 Å². The normalized spacial score (nSPS) is 17.9. The van der Waals surface area contributed by atoms with E-state index in [1.165, 1.54) is 19.4 Å². The summed E-state index contributed by atoms with van der Waals surface area (Å²) < 4.78 is 9.96. The highest BCUT2D eigenvalue weighted by atomic mass is 16.5. The minimum Gasteiger partial charge on any atom is -0.467 e. The van der Waals surface area contributed by atoms with Gasteiger partial charge in [-0.15, -0.1) is 0 Å². The molecule has 108 valence electrons. The summed E-state index contributed by atoms with van der Waals surface area (Å²) in [7, 11) is 1.35. The van der Waals surface area contributed by atoms with E-state index >= 15 is 0 Å². The number of hydrogen-bond acceptors (Lipinski definition) is 4. The molecule has 0 radical (unpaired) electrons. The third kappa shape index (κ3) is 3.29. The van der Waals surface area contributed by atoms with Crippen molar-refractivity contribution in [1.82, 2.24) is 5.32 Å². The maximum Gasteiger partial charge on any atom is 0.331 e. The number of amides is 1. The maximum atomic E-state index is 12.0. The van der Waals surface area contributed by atoms with Crippen molar-refractivity contribution in [2.45, 2.75) is 37.6 Å². The smallest absolute Gasteiger partial charge is 0.331 e. The highest BCUT2D eigenvalue weighted by molar-refractivity contribution is 5.96. The van der Waals surface area contributed by atoms with Crippen molar-refractivity contribution in [2.24, 2.45) is 0 Å². The molecule has 2 rings (SSSR count). The number of furan rings is 1. The largest absolute Gasteiger partial charge is 0.467 e. The Bertz CT molecular complexity index is 484. The van der Waals surface area contributed by atoms with Crippen LogP contribution in [0.25, 0.3) is 6.08 Å². The number of carbonyl (C=O) groups is 2. The maximum absolute atomic E-state index is 12.0. The Morgan fingerprint density at radius 3 is 2.70 bits per heavy atom. The van der Waals surface area contributed by atoms with E-state index in [0.29, 0.717) is 18.6 Å². The number of methoxy groups -OCH3 is 1. The third-order valence-electron chi connectivity index (χ3n) is 3.59. The fourth-order valence-electron chi connectivity index (χ4n) is 2.55. The standard InChI is InChI=1S/C15H19NO4/c1-19-14(18)15(9-3-2-4-10-15)16-13(17)8-7-12-6-5-11-20-12/h5-8,11H,2-4,9-10H2,1H3,(H,16,17). The summed E-state index contributed by atoms with van der Waals surface area (Å²) in [6.45, 7) is 0. The van der Waals surface area contributed by atoms with Gasteiger partial charge in [0, 0.05) is 6.08 Å². The molecule has 5 heteroatoms. The quantitative estimate of drug-likeness (QED) is 0.677. The molecule has 1 aliphatic carbocycles. The fourth-order valence-corrected chi connectivity index (χ4v) is 2.55. The summed E-state index contributed by atoms with van der Waals surface area (Å²) in [5, 5.41) is 2.80. The Morgan fingerprint density at radius 1 is 1.35 bits per heavy atom. The zero-order chi connectivity index (χ0) is 14.4. The molecule has 0 unspecified atom stereocenters. The van der Waals surface area contributed by atoms with Gasteiger partial charge >= 0.3 is 5.97 Å². The van der Waals surface area contributed by atoms with Gasteiger partial charge in [0.2, 0.25) is 5.91 Å². The van der Waals surface area contributed by atoms with Crippen molar-refractivity contribution >= 4 is 18.0 Å². The molecule has 1 heterocycles. The number of hydrogen-bond donors (Lipinski definition) is 1. The second kappa shape index (κ2) is 6.41. The van der Waals surface area contributed by atoms with Crippen molar-refractivity contribution in [2.75, 3.05) is 7.11 Å². The first-order valence-corrected chi connectivity index (χ1v) is 6.78. The first kappa shape index (κ1) is 14.4. The lowest BCUT2D eigenvalue weighted by molar-refractivity contribution is -0.152. The third-order valence-corrected chi connectivity index (χ3v) is 3.59. The molecular formula is C15H19NO4. The second-order valence-corrected chi connectivity index (χ2v) is 4.97. The van der Waals surface area contributed by atoms with Crippen LogP contribution >= 0.6 is 0 Å². The monoisotopic (exact) mass is 277 g/mol. The highest BCUT2D eigenvalue weighted by Crippen LogP contribution is 2.29. The molecular weight excluding hydrogens is 258 g/mol. The fraction of sp³-hybridized carbons (Fsp3) is 0.467. The summed E-state index contributed by atoms with van der Waals surface area (Å²) in [6.07, 6.45) is 8.64. The molecule has 1 aromatic heterocycles. The molecule has 1 saturated carbocycles. The summed E-state index contributed by atoms with van der Waals surface area (Å²) in [5.74, 6) is -0.0819. The summed E-state index contributed by atoms with van der Waals surface area (Å²) in [4.78, 5) is 24.0. The Labute approximate surface area is 118 Å². The van der Waals surface area contributed by atoms with Crippen LogP contribution in [0, 0.1) is 0 Å². The first-order chi connectivity index (χ1) is 9.66. The molecule has 1 amide bonds. The SMILES string of the molecule is COC(=O)C1(NC(=O)C=Cc2ccco2)CCCCC1. The van der Waals surface area contributed by atoms with E-state index in [4.69, 9.17) is 9.15 Å². The molecule has 1 aliphatic rings. The number of rotatable bonds is 4. The molecule has 1 aromatic rings. The Morgan fingerprint density at radius 2 is 2.10 bits per heavy atom. The van der Waals surface area contributed by atoms with Gasteiger partial charge in [0.25, 0.3) is 0 Å². The van der Waals surface area contributed by atoms with Gasteiger partial charge in [0.15, 0.2) is 0 Å². The lowest BCUT2D eigenvalue weighted by Crippen LogP contribution is -2.55. The molecule has 0 aliphatic heterocycles. The van der Waals surface area contributed by atoms with Crippen LogP contribution in [-0.2, 0) is 14.3 Å². The van der Waals surface area contributed by atoms with E-state index in [9.17, 15) is 9.59 Å². The first-order valence-electron chi connectivity index (χ1n) is 6.78. The average molecular weight is 277 g/mol. The summed E-state index contributed by atoms with van der Waals surface area (Å²) in [5.41, 5.74) is -0.877. The zero-order valence-corrected chi connectivity index (χ0v) is 11.6. The van der Waals surface area contributed by atoms with E-state index in [2.05, 4.69) is 5.32 Å². The van der Waals surface area contributed by atoms with Crippen LogP contribution in [0.5, 0.6) is 0 Å². The highest BCUT2D eigenvalue weighted by Gasteiger charge is 2.41. The predicted octanol–water partition coefficient (Wildman–Crippen LogP) is 2.28. The van der Waals surface area contributed by atoms with Crippen molar-refractivity contribution in [3.63, 3.8) is 0 Å². The minimum atomic E-state index is -0.877. The van der Waals surface area contributed by atoms with Gasteiger partial charge in [-0.05, 0) is 31.1 Å². The minimum absolute atomic E-state index is 0.311. The van der Waals surface area contributed by atoms with Crippen LogP contribution in [0.1, 0.15) is 37.9 Å². The molecule has 20 heavy (non-hydrogen) atoms. The van der Waals surface area contributed by atoms with E-state index < -0.39 is 5.54 Å². The Hall–Kier alpha value is -2.04. The van der Waals surface area contributed by atoms with Gasteiger partial charge in [-0.25, -0.2) is 4.79 Å². The molecule has 0 spiro atoms. The van der Waals surface area contributed by atoms with Gasteiger partial charge in [-0.3, -0.25) is 4.79 Å². The lowest BCUT2D eigenvalue weighted by Gasteiger charge is -2.34.